The number of benzene rings is 2. The molecule has 0 bridgehead atoms. The van der Waals surface area contributed by atoms with E-state index in [-0.39, 0.29) is 22.6 Å². The van der Waals surface area contributed by atoms with Crippen LogP contribution in [-0.2, 0) is 9.53 Å². The van der Waals surface area contributed by atoms with E-state index in [9.17, 15) is 14.7 Å². The topological polar surface area (TPSA) is 109 Å². The number of thiazole rings is 1. The molecular formula is C26H25BrN2O7S. The van der Waals surface area contributed by atoms with Gasteiger partial charge in [0.15, 0.2) is 27.8 Å². The lowest BCUT2D eigenvalue weighted by Crippen LogP contribution is -2.39. The number of esters is 1. The normalized spacial score (nSPS) is 14.9. The predicted molar refractivity (Wildman–Crippen MR) is 142 cm³/mol. The number of nitrogens with zero attached hydrogens (tertiary/aromatic N) is 2. The first-order valence-electron chi connectivity index (χ1n) is 11.4. The van der Waals surface area contributed by atoms with Crippen LogP contribution in [0.1, 0.15) is 31.0 Å². The first kappa shape index (κ1) is 26.5. The molecule has 9 nitrogen and oxygen atoms in total. The molecule has 0 amide bonds. The fraction of sp³-hybridized carbons (Fsp3) is 0.269. The van der Waals surface area contributed by atoms with Crippen LogP contribution >= 0.6 is 27.3 Å². The molecule has 3 aromatic rings. The number of hydrogen-bond acceptors (Lipinski definition) is 9. The van der Waals surface area contributed by atoms with Crippen molar-refractivity contribution in [2.45, 2.75) is 19.9 Å². The number of carbonyl (C=O) groups is 1. The van der Waals surface area contributed by atoms with Crippen LogP contribution in [0.4, 0.5) is 0 Å². The fourth-order valence-corrected chi connectivity index (χ4v) is 5.40. The molecule has 1 atom stereocenters. The number of phenolic OH excluding ortho intramolecular Hbond substituents is 1. The lowest BCUT2D eigenvalue weighted by Gasteiger charge is -2.23. The quantitative estimate of drug-likeness (QED) is 0.402. The smallest absolute Gasteiger partial charge is 0.337 e. The SMILES string of the molecule is CCOc1ccc([C@@H]2C(C(=O)OC)=CN=c3s/c(=C\c4cc(Br)c(O)c(OC)c4)c(=O)n32)cc1OCC. The minimum Gasteiger partial charge on any atom is -0.503 e. The van der Waals surface area contributed by atoms with Gasteiger partial charge < -0.3 is 24.1 Å². The van der Waals surface area contributed by atoms with E-state index in [1.165, 1.54) is 36.3 Å². The average Bonchev–Trinajstić information content (AvgIpc) is 3.21. The van der Waals surface area contributed by atoms with Crippen LogP contribution in [0.25, 0.3) is 6.08 Å². The second-order valence-corrected chi connectivity index (χ2v) is 9.67. The van der Waals surface area contributed by atoms with Gasteiger partial charge in [0.1, 0.15) is 0 Å². The van der Waals surface area contributed by atoms with Gasteiger partial charge in [0.25, 0.3) is 5.56 Å². The third kappa shape index (κ3) is 5.14. The summed E-state index contributed by atoms with van der Waals surface area (Å²) in [5, 5.41) is 10.1. The minimum absolute atomic E-state index is 0.0376. The molecule has 11 heteroatoms. The number of ether oxygens (including phenoxy) is 4. The Bertz CT molecular complexity index is 1560. The number of halogens is 1. The van der Waals surface area contributed by atoms with E-state index in [2.05, 4.69) is 20.9 Å². The third-order valence-corrected chi connectivity index (χ3v) is 7.18. The van der Waals surface area contributed by atoms with E-state index in [1.54, 1.807) is 36.4 Å². The van der Waals surface area contributed by atoms with Gasteiger partial charge in [0, 0.05) is 6.20 Å². The summed E-state index contributed by atoms with van der Waals surface area (Å²) in [5.74, 6) is 0.700. The molecule has 1 aromatic heterocycles. The van der Waals surface area contributed by atoms with Crippen LogP contribution < -0.4 is 29.1 Å². The van der Waals surface area contributed by atoms with Crippen molar-refractivity contribution in [3.63, 3.8) is 0 Å². The monoisotopic (exact) mass is 588 g/mol. The first-order chi connectivity index (χ1) is 17.8. The van der Waals surface area contributed by atoms with Crippen molar-refractivity contribution in [3.05, 3.63) is 77.4 Å². The number of hydrogen-bond donors (Lipinski definition) is 1. The van der Waals surface area contributed by atoms with E-state index in [1.807, 2.05) is 13.8 Å². The highest BCUT2D eigenvalue weighted by Crippen LogP contribution is 2.36. The third-order valence-electron chi connectivity index (χ3n) is 5.58. The lowest BCUT2D eigenvalue weighted by molar-refractivity contribution is -0.136. The van der Waals surface area contributed by atoms with Crippen molar-refractivity contribution in [2.24, 2.45) is 4.99 Å². The van der Waals surface area contributed by atoms with Crippen molar-refractivity contribution in [3.8, 4) is 23.0 Å². The summed E-state index contributed by atoms with van der Waals surface area (Å²) >= 11 is 4.49. The minimum atomic E-state index is -0.790. The number of phenols is 1. The summed E-state index contributed by atoms with van der Waals surface area (Å²) < 4.78 is 24.0. The number of fused-ring (bicyclic) bond motifs is 1. The largest absolute Gasteiger partial charge is 0.503 e. The van der Waals surface area contributed by atoms with E-state index in [0.717, 1.165) is 0 Å². The van der Waals surface area contributed by atoms with Crippen LogP contribution in [0, 0.1) is 0 Å². The Hall–Kier alpha value is -3.57. The maximum absolute atomic E-state index is 13.7. The van der Waals surface area contributed by atoms with Gasteiger partial charge in [0.05, 0.1) is 48.1 Å². The lowest BCUT2D eigenvalue weighted by atomic mass is 9.97. The molecule has 0 radical (unpaired) electrons. The van der Waals surface area contributed by atoms with Crippen LogP contribution in [0.2, 0.25) is 0 Å². The van der Waals surface area contributed by atoms with Crippen LogP contribution in [-0.4, -0.2) is 43.1 Å². The maximum Gasteiger partial charge on any atom is 0.337 e. The Morgan fingerprint density at radius 2 is 1.86 bits per heavy atom. The van der Waals surface area contributed by atoms with Gasteiger partial charge in [-0.05, 0) is 71.2 Å². The van der Waals surface area contributed by atoms with Crippen molar-refractivity contribution in [2.75, 3.05) is 27.4 Å². The Morgan fingerprint density at radius 1 is 1.14 bits per heavy atom. The highest BCUT2D eigenvalue weighted by atomic mass is 79.9. The summed E-state index contributed by atoms with van der Waals surface area (Å²) in [7, 11) is 2.73. The molecule has 4 rings (SSSR count). The second-order valence-electron chi connectivity index (χ2n) is 7.80. The molecular weight excluding hydrogens is 564 g/mol. The molecule has 194 valence electrons. The van der Waals surface area contributed by atoms with Gasteiger partial charge in [0.2, 0.25) is 0 Å². The van der Waals surface area contributed by atoms with Crippen molar-refractivity contribution in [1.29, 1.82) is 0 Å². The van der Waals surface area contributed by atoms with Gasteiger partial charge in [-0.2, -0.15) is 0 Å². The van der Waals surface area contributed by atoms with E-state index in [4.69, 9.17) is 18.9 Å². The van der Waals surface area contributed by atoms with E-state index >= 15 is 0 Å². The van der Waals surface area contributed by atoms with Gasteiger partial charge in [-0.15, -0.1) is 0 Å². The fourth-order valence-electron chi connectivity index (χ4n) is 3.97. The molecule has 0 saturated heterocycles. The molecule has 2 aromatic carbocycles. The molecule has 1 N–H and O–H groups in total. The molecule has 0 fully saturated rings. The van der Waals surface area contributed by atoms with E-state index < -0.39 is 12.0 Å². The Labute approximate surface area is 225 Å². The molecule has 2 heterocycles. The maximum atomic E-state index is 13.7. The zero-order valence-corrected chi connectivity index (χ0v) is 23.0. The number of carbonyl (C=O) groups excluding carboxylic acids is 1. The Balaban J connectivity index is 1.91. The molecule has 1 aliphatic rings. The molecule has 0 saturated carbocycles. The van der Waals surface area contributed by atoms with Gasteiger partial charge >= 0.3 is 5.97 Å². The molecule has 1 aliphatic heterocycles. The standard InChI is InChI=1S/C26H25BrN2O7S/c1-5-35-18-8-7-15(12-19(18)36-6-2)22-16(25(32)34-4)13-28-26-29(22)24(31)21(37-26)11-14-9-17(27)23(30)20(10-14)33-3/h7-13,22,30H,5-6H2,1-4H3/b21-11-/t22-/m1/s1. The Kier molecular flexibility index (Phi) is 8.03. The van der Waals surface area contributed by atoms with E-state index in [0.29, 0.717) is 49.6 Å². The summed E-state index contributed by atoms with van der Waals surface area (Å²) in [5.41, 5.74) is 1.15. The zero-order chi connectivity index (χ0) is 26.7. The van der Waals surface area contributed by atoms with Crippen LogP contribution in [0.15, 0.2) is 56.4 Å². The number of aromatic nitrogens is 1. The molecule has 0 aliphatic carbocycles. The zero-order valence-electron chi connectivity index (χ0n) is 20.6. The molecule has 37 heavy (non-hydrogen) atoms. The summed E-state index contributed by atoms with van der Waals surface area (Å²) in [6.07, 6.45) is 3.11. The number of aromatic hydroxyl groups is 1. The van der Waals surface area contributed by atoms with Crippen LogP contribution in [0.3, 0.4) is 0 Å². The summed E-state index contributed by atoms with van der Waals surface area (Å²) in [6, 6.07) is 7.82. The van der Waals surface area contributed by atoms with Gasteiger partial charge in [-0.25, -0.2) is 9.79 Å². The Morgan fingerprint density at radius 3 is 2.54 bits per heavy atom. The van der Waals surface area contributed by atoms with Gasteiger partial charge in [-0.1, -0.05) is 17.4 Å². The van der Waals surface area contributed by atoms with Crippen molar-refractivity contribution < 1.29 is 28.8 Å². The molecule has 0 spiro atoms. The highest BCUT2D eigenvalue weighted by molar-refractivity contribution is 9.10. The summed E-state index contributed by atoms with van der Waals surface area (Å²) in [6.45, 7) is 4.61. The average molecular weight is 589 g/mol. The first-order valence-corrected chi connectivity index (χ1v) is 13.0. The number of methoxy groups -OCH3 is 2. The highest BCUT2D eigenvalue weighted by Gasteiger charge is 2.31. The number of rotatable bonds is 8. The van der Waals surface area contributed by atoms with Crippen molar-refractivity contribution in [1.82, 2.24) is 4.57 Å². The predicted octanol–water partition coefficient (Wildman–Crippen LogP) is 3.29. The molecule has 0 unspecified atom stereocenters. The van der Waals surface area contributed by atoms with Crippen molar-refractivity contribution >= 4 is 39.3 Å². The summed E-state index contributed by atoms with van der Waals surface area (Å²) in [4.78, 5) is 31.2. The second kappa shape index (κ2) is 11.2. The van der Waals surface area contributed by atoms with Crippen LogP contribution in [0.5, 0.6) is 23.0 Å². The van der Waals surface area contributed by atoms with Gasteiger partial charge in [-0.3, -0.25) is 9.36 Å².